The van der Waals surface area contributed by atoms with Crippen molar-refractivity contribution in [2.75, 3.05) is 23.3 Å². The predicted octanol–water partition coefficient (Wildman–Crippen LogP) is 8.76. The number of esters is 1. The average Bonchev–Trinajstić information content (AvgIpc) is 3.33. The first-order valence-electron chi connectivity index (χ1n) is 15.5. The molecule has 2 heterocycles. The molecule has 3 aliphatic rings. The molecule has 0 aromatic heterocycles. The van der Waals surface area contributed by atoms with Gasteiger partial charge in [-0.15, -0.1) is 0 Å². The van der Waals surface area contributed by atoms with Crippen molar-refractivity contribution in [3.63, 3.8) is 0 Å². The lowest BCUT2D eigenvalue weighted by Crippen LogP contribution is -2.34. The molecule has 5 heteroatoms. The van der Waals surface area contributed by atoms with E-state index in [2.05, 4.69) is 48.3 Å². The summed E-state index contributed by atoms with van der Waals surface area (Å²) in [5, 5.41) is 3.84. The van der Waals surface area contributed by atoms with Crippen molar-refractivity contribution in [1.82, 2.24) is 0 Å². The molecule has 1 aliphatic carbocycles. The van der Waals surface area contributed by atoms with Crippen LogP contribution in [0.3, 0.4) is 0 Å². The first-order chi connectivity index (χ1) is 20.7. The summed E-state index contributed by atoms with van der Waals surface area (Å²) in [6.45, 7) is 7.04. The second-order valence-corrected chi connectivity index (χ2v) is 11.6. The third-order valence-corrected chi connectivity index (χ3v) is 9.43. The lowest BCUT2D eigenvalue weighted by atomic mass is 9.77. The maximum absolute atomic E-state index is 13.4. The molecule has 1 fully saturated rings. The monoisotopic (exact) mass is 558 g/mol. The number of ether oxygens (including phenoxy) is 2. The van der Waals surface area contributed by atoms with E-state index in [1.165, 1.54) is 48.9 Å². The van der Waals surface area contributed by atoms with Gasteiger partial charge in [0.15, 0.2) is 5.60 Å². The molecule has 0 saturated heterocycles. The van der Waals surface area contributed by atoms with E-state index in [-0.39, 0.29) is 5.97 Å². The van der Waals surface area contributed by atoms with E-state index >= 15 is 0 Å². The van der Waals surface area contributed by atoms with Crippen LogP contribution < -0.4 is 15.0 Å². The number of rotatable bonds is 7. The zero-order valence-electron chi connectivity index (χ0n) is 24.5. The van der Waals surface area contributed by atoms with Crippen LogP contribution >= 0.6 is 0 Å². The quantitative estimate of drug-likeness (QED) is 0.230. The number of para-hydroxylation sites is 1. The van der Waals surface area contributed by atoms with Crippen LogP contribution in [0.15, 0.2) is 84.9 Å². The van der Waals surface area contributed by atoms with E-state index in [9.17, 15) is 4.79 Å². The van der Waals surface area contributed by atoms with Crippen molar-refractivity contribution in [3.8, 4) is 11.5 Å². The van der Waals surface area contributed by atoms with Gasteiger partial charge in [-0.3, -0.25) is 0 Å². The first kappa shape index (κ1) is 26.6. The molecule has 0 bridgehead atoms. The summed E-state index contributed by atoms with van der Waals surface area (Å²) < 4.78 is 12.9. The molecule has 0 radical (unpaired) electrons. The third kappa shape index (κ3) is 4.17. The highest BCUT2D eigenvalue weighted by Crippen LogP contribution is 2.58. The molecule has 1 unspecified atom stereocenters. The van der Waals surface area contributed by atoms with Crippen LogP contribution in [0, 0.1) is 0 Å². The fourth-order valence-electron chi connectivity index (χ4n) is 7.45. The lowest BCUT2D eigenvalue weighted by Gasteiger charge is -2.38. The van der Waals surface area contributed by atoms with Crippen LogP contribution in [0.1, 0.15) is 90.0 Å². The molecule has 214 valence electrons. The molecular weight excluding hydrogens is 520 g/mol. The number of fused-ring (bicyclic) bond motifs is 6. The summed E-state index contributed by atoms with van der Waals surface area (Å²) >= 11 is 0. The highest BCUT2D eigenvalue weighted by Gasteiger charge is 2.54. The minimum Gasteiger partial charge on any atom is -0.456 e. The van der Waals surface area contributed by atoms with Crippen molar-refractivity contribution in [2.24, 2.45) is 0 Å². The number of anilines is 2. The number of hydrogen-bond acceptors (Lipinski definition) is 5. The topological polar surface area (TPSA) is 50.8 Å². The Hall–Kier alpha value is -4.25. The van der Waals surface area contributed by atoms with Crippen LogP contribution in [0.2, 0.25) is 0 Å². The van der Waals surface area contributed by atoms with E-state index < -0.39 is 5.60 Å². The highest BCUT2D eigenvalue weighted by molar-refractivity contribution is 5.97. The van der Waals surface area contributed by atoms with Crippen molar-refractivity contribution < 1.29 is 14.3 Å². The third-order valence-electron chi connectivity index (χ3n) is 9.43. The molecule has 4 aromatic rings. The standard InChI is InChI=1S/C37H38N2O3/c1-3-39(4-2)32-21-12-17-26(25-14-6-5-7-15-25)28(32)24-38-31-20-13-23-34-35(31)37(30-19-10-11-22-33(30)41-34)29-18-9-8-16-27(29)36(40)42-37/h8-13,16-23,25,38H,3-7,14-15,24H2,1-2H3. The minimum absolute atomic E-state index is 0.311. The fourth-order valence-corrected chi connectivity index (χ4v) is 7.45. The maximum atomic E-state index is 13.4. The number of hydrogen-bond donors (Lipinski definition) is 1. The van der Waals surface area contributed by atoms with Gasteiger partial charge in [-0.05, 0) is 74.1 Å². The van der Waals surface area contributed by atoms with Gasteiger partial charge < -0.3 is 19.7 Å². The molecule has 1 saturated carbocycles. The van der Waals surface area contributed by atoms with Gasteiger partial charge in [-0.2, -0.15) is 0 Å². The molecule has 1 N–H and O–H groups in total. The lowest BCUT2D eigenvalue weighted by molar-refractivity contribution is 0.0226. The SMILES string of the molecule is CCN(CC)c1cccc(C2CCCCC2)c1CNc1cccc2c1C1(OC(=O)c3ccccc31)c1ccccc1O2. The second kappa shape index (κ2) is 10.9. The average molecular weight is 559 g/mol. The van der Waals surface area contributed by atoms with Gasteiger partial charge in [0.2, 0.25) is 0 Å². The van der Waals surface area contributed by atoms with Crippen molar-refractivity contribution in [2.45, 2.75) is 64.0 Å². The van der Waals surface area contributed by atoms with Gasteiger partial charge in [-0.25, -0.2) is 4.79 Å². The Morgan fingerprint density at radius 1 is 0.810 bits per heavy atom. The predicted molar refractivity (Wildman–Crippen MR) is 168 cm³/mol. The second-order valence-electron chi connectivity index (χ2n) is 11.6. The molecular formula is C37H38N2O3. The summed E-state index contributed by atoms with van der Waals surface area (Å²) in [6, 6.07) is 28.6. The van der Waals surface area contributed by atoms with Crippen molar-refractivity contribution in [1.29, 1.82) is 0 Å². The normalized spacial score (nSPS) is 19.0. The number of nitrogens with one attached hydrogen (secondary N) is 1. The van der Waals surface area contributed by atoms with Crippen LogP contribution in [0.5, 0.6) is 11.5 Å². The van der Waals surface area contributed by atoms with E-state index in [4.69, 9.17) is 9.47 Å². The Kier molecular flexibility index (Phi) is 6.89. The highest BCUT2D eigenvalue weighted by atomic mass is 16.6. The van der Waals surface area contributed by atoms with Crippen LogP contribution in [-0.4, -0.2) is 19.1 Å². The summed E-state index contributed by atoms with van der Waals surface area (Å²) in [7, 11) is 0. The van der Waals surface area contributed by atoms with Gasteiger partial charge in [-0.1, -0.05) is 73.9 Å². The van der Waals surface area contributed by atoms with Crippen LogP contribution in [-0.2, 0) is 16.9 Å². The summed E-state index contributed by atoms with van der Waals surface area (Å²) in [5.41, 5.74) is 7.09. The van der Waals surface area contributed by atoms with E-state index in [1.54, 1.807) is 0 Å². The van der Waals surface area contributed by atoms with Gasteiger partial charge in [0.1, 0.15) is 11.5 Å². The molecule has 4 aromatic carbocycles. The number of nitrogens with zero attached hydrogens (tertiary/aromatic N) is 1. The van der Waals surface area contributed by atoms with Gasteiger partial charge in [0.25, 0.3) is 0 Å². The Bertz CT molecular complexity index is 1640. The maximum Gasteiger partial charge on any atom is 0.340 e. The molecule has 5 nitrogen and oxygen atoms in total. The van der Waals surface area contributed by atoms with Crippen LogP contribution in [0.25, 0.3) is 0 Å². The van der Waals surface area contributed by atoms with E-state index in [1.807, 2.05) is 60.7 Å². The molecule has 1 atom stereocenters. The summed E-state index contributed by atoms with van der Waals surface area (Å²) in [4.78, 5) is 15.8. The largest absolute Gasteiger partial charge is 0.456 e. The zero-order chi connectivity index (χ0) is 28.7. The summed E-state index contributed by atoms with van der Waals surface area (Å²) in [6.07, 6.45) is 6.41. The Labute approximate surface area is 248 Å². The Morgan fingerprint density at radius 3 is 2.33 bits per heavy atom. The molecule has 1 spiro atoms. The summed E-state index contributed by atoms with van der Waals surface area (Å²) in [5.74, 6) is 1.68. The molecule has 7 rings (SSSR count). The zero-order valence-corrected chi connectivity index (χ0v) is 24.5. The van der Waals surface area contributed by atoms with Crippen molar-refractivity contribution >= 4 is 17.3 Å². The smallest absolute Gasteiger partial charge is 0.340 e. The van der Waals surface area contributed by atoms with Gasteiger partial charge >= 0.3 is 5.97 Å². The Balaban J connectivity index is 1.36. The Morgan fingerprint density at radius 2 is 1.52 bits per heavy atom. The number of benzene rings is 4. The number of carbonyl (C=O) groups excluding carboxylic acids is 1. The molecule has 0 amide bonds. The number of carbonyl (C=O) groups is 1. The van der Waals surface area contributed by atoms with E-state index in [0.29, 0.717) is 29.5 Å². The van der Waals surface area contributed by atoms with Gasteiger partial charge in [0.05, 0.1) is 11.1 Å². The van der Waals surface area contributed by atoms with Crippen molar-refractivity contribution in [3.05, 3.63) is 118 Å². The van der Waals surface area contributed by atoms with Gasteiger partial charge in [0, 0.05) is 42.1 Å². The fraction of sp³-hybridized carbons (Fsp3) is 0.324. The van der Waals surface area contributed by atoms with Crippen LogP contribution in [0.4, 0.5) is 11.4 Å². The van der Waals surface area contributed by atoms with E-state index in [0.717, 1.165) is 35.5 Å². The minimum atomic E-state index is -1.09. The molecule has 2 aliphatic heterocycles. The first-order valence-corrected chi connectivity index (χ1v) is 15.5. The molecule has 42 heavy (non-hydrogen) atoms.